The zero-order chi connectivity index (χ0) is 13.4. The molecule has 1 heterocycles. The number of ether oxygens (including phenoxy) is 1. The maximum absolute atomic E-state index is 12.2. The molecular formula is C14H26N2O2. The number of likely N-dealkylation sites (tertiary alicyclic amines) is 1. The molecule has 18 heavy (non-hydrogen) atoms. The third-order valence-electron chi connectivity index (χ3n) is 4.78. The van der Waals surface area contributed by atoms with Crippen LogP contribution in [0.1, 0.15) is 39.5 Å². The van der Waals surface area contributed by atoms with E-state index in [2.05, 4.69) is 24.1 Å². The van der Waals surface area contributed by atoms with E-state index in [0.29, 0.717) is 5.92 Å². The summed E-state index contributed by atoms with van der Waals surface area (Å²) in [6, 6.07) is 0. The minimum absolute atomic E-state index is 0.102. The number of esters is 1. The molecule has 1 aliphatic heterocycles. The summed E-state index contributed by atoms with van der Waals surface area (Å²) in [4.78, 5) is 14.7. The number of hydrogen-bond donors (Lipinski definition) is 1. The van der Waals surface area contributed by atoms with Gasteiger partial charge in [-0.25, -0.2) is 4.79 Å². The van der Waals surface area contributed by atoms with E-state index in [1.54, 1.807) is 0 Å². The van der Waals surface area contributed by atoms with E-state index in [0.717, 1.165) is 25.9 Å². The van der Waals surface area contributed by atoms with Crippen LogP contribution in [0.25, 0.3) is 0 Å². The summed E-state index contributed by atoms with van der Waals surface area (Å²) in [6.07, 6.45) is 4.69. The first-order valence-electron chi connectivity index (χ1n) is 6.98. The Kier molecular flexibility index (Phi) is 3.70. The molecule has 1 aliphatic carbocycles. The number of nitrogens with one attached hydrogen (secondary N) is 1. The first-order valence-corrected chi connectivity index (χ1v) is 6.98. The van der Waals surface area contributed by atoms with Gasteiger partial charge in [0.15, 0.2) is 0 Å². The van der Waals surface area contributed by atoms with E-state index in [9.17, 15) is 4.79 Å². The first kappa shape index (κ1) is 13.8. The second kappa shape index (κ2) is 4.82. The second-order valence-electron chi connectivity index (χ2n) is 6.32. The summed E-state index contributed by atoms with van der Waals surface area (Å²) in [5.41, 5.74) is -0.304. The van der Waals surface area contributed by atoms with Gasteiger partial charge in [0.25, 0.3) is 0 Å². The molecule has 0 spiro atoms. The van der Waals surface area contributed by atoms with Crippen LogP contribution >= 0.6 is 0 Å². The molecule has 1 saturated heterocycles. The van der Waals surface area contributed by atoms with Crippen molar-refractivity contribution in [1.82, 2.24) is 10.2 Å². The molecule has 1 N–H and O–H groups in total. The Morgan fingerprint density at radius 2 is 2.17 bits per heavy atom. The zero-order valence-corrected chi connectivity index (χ0v) is 12.1. The van der Waals surface area contributed by atoms with Crippen LogP contribution in [0.2, 0.25) is 0 Å². The standard InChI is InChI=1S/C14H26N2O2/c1-13(2)8-5-9-16(13)10-14(15-3,11-6-7-11)12(17)18-4/h11,15H,5-10H2,1-4H3. The fourth-order valence-corrected chi connectivity index (χ4v) is 3.26. The van der Waals surface area contributed by atoms with Gasteiger partial charge in [0.2, 0.25) is 0 Å². The van der Waals surface area contributed by atoms with Crippen molar-refractivity contribution in [2.45, 2.75) is 50.6 Å². The van der Waals surface area contributed by atoms with Crippen LogP contribution in [0.3, 0.4) is 0 Å². The highest BCUT2D eigenvalue weighted by molar-refractivity contribution is 5.82. The van der Waals surface area contributed by atoms with Crippen LogP contribution in [0, 0.1) is 5.92 Å². The Bertz CT molecular complexity index is 326. The van der Waals surface area contributed by atoms with Crippen molar-refractivity contribution in [3.63, 3.8) is 0 Å². The Labute approximate surface area is 110 Å². The molecule has 0 bridgehead atoms. The zero-order valence-electron chi connectivity index (χ0n) is 12.1. The van der Waals surface area contributed by atoms with Gasteiger partial charge in [-0.2, -0.15) is 0 Å². The minimum Gasteiger partial charge on any atom is -0.468 e. The average molecular weight is 254 g/mol. The molecule has 4 heteroatoms. The van der Waals surface area contributed by atoms with Crippen LogP contribution in [0.15, 0.2) is 0 Å². The number of carbonyl (C=O) groups excluding carboxylic acids is 1. The Morgan fingerprint density at radius 1 is 1.50 bits per heavy atom. The first-order chi connectivity index (χ1) is 8.46. The van der Waals surface area contributed by atoms with E-state index in [4.69, 9.17) is 4.74 Å². The highest BCUT2D eigenvalue weighted by Crippen LogP contribution is 2.42. The molecule has 0 aromatic rings. The number of hydrogen-bond acceptors (Lipinski definition) is 4. The Hall–Kier alpha value is -0.610. The summed E-state index contributed by atoms with van der Waals surface area (Å²) in [7, 11) is 3.38. The van der Waals surface area contributed by atoms with E-state index in [-0.39, 0.29) is 11.5 Å². The van der Waals surface area contributed by atoms with E-state index < -0.39 is 5.54 Å². The van der Waals surface area contributed by atoms with Gasteiger partial charge in [0.05, 0.1) is 7.11 Å². The van der Waals surface area contributed by atoms with Crippen molar-refractivity contribution in [3.8, 4) is 0 Å². The van der Waals surface area contributed by atoms with Gasteiger partial charge in [0, 0.05) is 12.1 Å². The smallest absolute Gasteiger partial charge is 0.327 e. The largest absolute Gasteiger partial charge is 0.468 e. The molecule has 2 rings (SSSR count). The third kappa shape index (κ3) is 2.28. The maximum atomic E-state index is 12.2. The van der Waals surface area contributed by atoms with Crippen molar-refractivity contribution in [3.05, 3.63) is 0 Å². The Balaban J connectivity index is 2.17. The molecule has 0 radical (unpaired) electrons. The fourth-order valence-electron chi connectivity index (χ4n) is 3.26. The van der Waals surface area contributed by atoms with Crippen molar-refractivity contribution in [2.75, 3.05) is 27.2 Å². The lowest BCUT2D eigenvalue weighted by atomic mass is 9.90. The SMILES string of the molecule is CNC(CN1CCCC1(C)C)(C(=O)OC)C1CC1. The summed E-state index contributed by atoms with van der Waals surface area (Å²) in [5.74, 6) is 0.335. The number of nitrogens with zero attached hydrogens (tertiary/aromatic N) is 1. The van der Waals surface area contributed by atoms with Crippen molar-refractivity contribution >= 4 is 5.97 Å². The van der Waals surface area contributed by atoms with Crippen LogP contribution in [-0.2, 0) is 9.53 Å². The molecule has 0 aromatic carbocycles. The molecule has 0 aromatic heterocycles. The van der Waals surface area contributed by atoms with Gasteiger partial charge in [-0.3, -0.25) is 4.90 Å². The van der Waals surface area contributed by atoms with Crippen molar-refractivity contribution < 1.29 is 9.53 Å². The molecule has 1 unspecified atom stereocenters. The molecular weight excluding hydrogens is 228 g/mol. The van der Waals surface area contributed by atoms with Gasteiger partial charge < -0.3 is 10.1 Å². The topological polar surface area (TPSA) is 41.6 Å². The monoisotopic (exact) mass is 254 g/mol. The van der Waals surface area contributed by atoms with Crippen LogP contribution < -0.4 is 5.32 Å². The van der Waals surface area contributed by atoms with Crippen molar-refractivity contribution in [1.29, 1.82) is 0 Å². The van der Waals surface area contributed by atoms with Crippen LogP contribution in [0.5, 0.6) is 0 Å². The molecule has 1 atom stereocenters. The predicted molar refractivity (Wildman–Crippen MR) is 71.4 cm³/mol. The predicted octanol–water partition coefficient (Wildman–Crippen LogP) is 1.40. The molecule has 2 aliphatic rings. The lowest BCUT2D eigenvalue weighted by molar-refractivity contribution is -0.151. The van der Waals surface area contributed by atoms with Crippen molar-refractivity contribution in [2.24, 2.45) is 5.92 Å². The minimum atomic E-state index is -0.504. The van der Waals surface area contributed by atoms with Crippen LogP contribution in [-0.4, -0.2) is 49.2 Å². The third-order valence-corrected chi connectivity index (χ3v) is 4.78. The molecule has 0 amide bonds. The van der Waals surface area contributed by atoms with Gasteiger partial charge >= 0.3 is 5.97 Å². The lowest BCUT2D eigenvalue weighted by Crippen LogP contribution is -2.61. The second-order valence-corrected chi connectivity index (χ2v) is 6.32. The summed E-state index contributed by atoms with van der Waals surface area (Å²) in [6.45, 7) is 6.39. The van der Waals surface area contributed by atoms with Crippen LogP contribution in [0.4, 0.5) is 0 Å². The number of rotatable bonds is 5. The highest BCUT2D eigenvalue weighted by Gasteiger charge is 2.53. The highest BCUT2D eigenvalue weighted by atomic mass is 16.5. The molecule has 1 saturated carbocycles. The fraction of sp³-hybridized carbons (Fsp3) is 0.929. The van der Waals surface area contributed by atoms with E-state index >= 15 is 0 Å². The lowest BCUT2D eigenvalue weighted by Gasteiger charge is -2.40. The Morgan fingerprint density at radius 3 is 2.56 bits per heavy atom. The molecule has 104 valence electrons. The quantitative estimate of drug-likeness (QED) is 0.753. The van der Waals surface area contributed by atoms with Gasteiger partial charge in [-0.15, -0.1) is 0 Å². The number of likely N-dealkylation sites (N-methyl/N-ethyl adjacent to an activating group) is 1. The van der Waals surface area contributed by atoms with E-state index in [1.807, 2.05) is 7.05 Å². The molecule has 4 nitrogen and oxygen atoms in total. The maximum Gasteiger partial charge on any atom is 0.327 e. The summed E-state index contributed by atoms with van der Waals surface area (Å²) >= 11 is 0. The van der Waals surface area contributed by atoms with E-state index in [1.165, 1.54) is 20.0 Å². The summed E-state index contributed by atoms with van der Waals surface area (Å²) < 4.78 is 5.06. The number of methoxy groups -OCH3 is 1. The van der Waals surface area contributed by atoms with Gasteiger partial charge in [0.1, 0.15) is 5.54 Å². The van der Waals surface area contributed by atoms with Gasteiger partial charge in [-0.1, -0.05) is 0 Å². The molecule has 2 fully saturated rings. The summed E-state index contributed by atoms with van der Waals surface area (Å²) in [5, 5.41) is 3.28. The average Bonchev–Trinajstić information content (AvgIpc) is 3.12. The normalized spacial score (nSPS) is 26.9. The van der Waals surface area contributed by atoms with Gasteiger partial charge in [-0.05, 0) is 59.0 Å². The number of carbonyl (C=O) groups is 1.